The summed E-state index contributed by atoms with van der Waals surface area (Å²) in [7, 11) is 1.75. The first-order valence-corrected chi connectivity index (χ1v) is 9.59. The summed E-state index contributed by atoms with van der Waals surface area (Å²) in [6, 6.07) is 7.84. The molecule has 3 N–H and O–H groups in total. The van der Waals surface area contributed by atoms with Gasteiger partial charge in [0.05, 0.1) is 17.2 Å². The van der Waals surface area contributed by atoms with E-state index in [9.17, 15) is 4.79 Å². The van der Waals surface area contributed by atoms with Gasteiger partial charge in [0.1, 0.15) is 0 Å². The van der Waals surface area contributed by atoms with E-state index in [0.717, 1.165) is 34.3 Å². The molecule has 7 heteroatoms. The molecule has 140 valence electrons. The molecule has 1 heterocycles. The maximum absolute atomic E-state index is 11.7. The molecule has 0 unspecified atom stereocenters. The summed E-state index contributed by atoms with van der Waals surface area (Å²) in [4.78, 5) is 21.6. The SMILES string of the molecule is CCCC(=O)Nc1cccc(CNC(=NC)NCc2sc(C)nc2C)c1. The van der Waals surface area contributed by atoms with E-state index in [1.165, 1.54) is 4.88 Å². The average molecular weight is 374 g/mol. The summed E-state index contributed by atoms with van der Waals surface area (Å²) < 4.78 is 0. The quantitative estimate of drug-likeness (QED) is 0.514. The van der Waals surface area contributed by atoms with Gasteiger partial charge in [-0.2, -0.15) is 0 Å². The number of aryl methyl sites for hydroxylation is 2. The summed E-state index contributed by atoms with van der Waals surface area (Å²) in [6.07, 6.45) is 1.38. The van der Waals surface area contributed by atoms with Crippen LogP contribution in [0.3, 0.4) is 0 Å². The molecule has 0 aliphatic rings. The van der Waals surface area contributed by atoms with E-state index < -0.39 is 0 Å². The number of carbonyl (C=O) groups is 1. The Morgan fingerprint density at radius 3 is 2.65 bits per heavy atom. The van der Waals surface area contributed by atoms with Crippen molar-refractivity contribution in [2.24, 2.45) is 4.99 Å². The largest absolute Gasteiger partial charge is 0.352 e. The van der Waals surface area contributed by atoms with Gasteiger partial charge in [0.15, 0.2) is 5.96 Å². The number of thiazole rings is 1. The second kappa shape index (κ2) is 9.91. The third-order valence-corrected chi connectivity index (χ3v) is 4.86. The number of nitrogens with one attached hydrogen (secondary N) is 3. The lowest BCUT2D eigenvalue weighted by Gasteiger charge is -2.12. The molecule has 0 atom stereocenters. The standard InChI is InChI=1S/C19H27N5OS/c1-5-7-18(25)24-16-9-6-8-15(10-16)11-21-19(20-4)22-12-17-13(2)23-14(3)26-17/h6,8-10H,5,7,11-12H2,1-4H3,(H,24,25)(H2,20,21,22). The van der Waals surface area contributed by atoms with Crippen molar-refractivity contribution in [2.45, 2.75) is 46.7 Å². The van der Waals surface area contributed by atoms with Crippen LogP contribution in [0.2, 0.25) is 0 Å². The molecule has 2 aromatic rings. The number of anilines is 1. The highest BCUT2D eigenvalue weighted by molar-refractivity contribution is 7.11. The van der Waals surface area contributed by atoms with Crippen LogP contribution in [0.25, 0.3) is 0 Å². The summed E-state index contributed by atoms with van der Waals surface area (Å²) in [5.74, 6) is 0.779. The van der Waals surface area contributed by atoms with Crippen molar-refractivity contribution in [1.29, 1.82) is 0 Å². The van der Waals surface area contributed by atoms with Crippen molar-refractivity contribution in [1.82, 2.24) is 15.6 Å². The summed E-state index contributed by atoms with van der Waals surface area (Å²) in [6.45, 7) is 7.35. The average Bonchev–Trinajstić information content (AvgIpc) is 2.93. The molecule has 0 saturated carbocycles. The van der Waals surface area contributed by atoms with Crippen molar-refractivity contribution in [3.8, 4) is 0 Å². The molecule has 0 spiro atoms. The molecule has 0 aliphatic carbocycles. The first-order valence-electron chi connectivity index (χ1n) is 8.78. The Hall–Kier alpha value is -2.41. The van der Waals surface area contributed by atoms with Crippen molar-refractivity contribution in [3.05, 3.63) is 45.4 Å². The molecule has 0 bridgehead atoms. The van der Waals surface area contributed by atoms with Crippen molar-refractivity contribution in [2.75, 3.05) is 12.4 Å². The first-order chi connectivity index (χ1) is 12.5. The van der Waals surface area contributed by atoms with Gasteiger partial charge in [-0.25, -0.2) is 4.98 Å². The van der Waals surface area contributed by atoms with Crippen LogP contribution in [-0.2, 0) is 17.9 Å². The summed E-state index contributed by atoms with van der Waals surface area (Å²) in [5.41, 5.74) is 2.96. The fraction of sp³-hybridized carbons (Fsp3) is 0.421. The van der Waals surface area contributed by atoms with Gasteiger partial charge in [-0.15, -0.1) is 11.3 Å². The van der Waals surface area contributed by atoms with Crippen LogP contribution in [0.1, 0.15) is 40.9 Å². The van der Waals surface area contributed by atoms with Gasteiger partial charge >= 0.3 is 0 Å². The molecule has 26 heavy (non-hydrogen) atoms. The second-order valence-electron chi connectivity index (χ2n) is 6.02. The zero-order valence-electron chi connectivity index (χ0n) is 15.8. The Labute approximate surface area is 159 Å². The molecule has 0 aliphatic heterocycles. The van der Waals surface area contributed by atoms with E-state index in [-0.39, 0.29) is 5.91 Å². The Bertz CT molecular complexity index is 769. The number of aliphatic imine (C=N–C) groups is 1. The third-order valence-electron chi connectivity index (χ3n) is 3.79. The predicted octanol–water partition coefficient (Wildman–Crippen LogP) is 3.36. The van der Waals surface area contributed by atoms with Crippen LogP contribution in [0.4, 0.5) is 5.69 Å². The Balaban J connectivity index is 1.88. The zero-order valence-corrected chi connectivity index (χ0v) is 16.7. The van der Waals surface area contributed by atoms with Gasteiger partial charge in [0.2, 0.25) is 5.91 Å². The van der Waals surface area contributed by atoms with Crippen molar-refractivity contribution < 1.29 is 4.79 Å². The summed E-state index contributed by atoms with van der Waals surface area (Å²) in [5, 5.41) is 10.6. The minimum absolute atomic E-state index is 0.0466. The third kappa shape index (κ3) is 6.15. The van der Waals surface area contributed by atoms with Gasteiger partial charge in [0.25, 0.3) is 0 Å². The van der Waals surface area contributed by atoms with E-state index in [1.807, 2.05) is 45.0 Å². The monoisotopic (exact) mass is 373 g/mol. The number of carbonyl (C=O) groups excluding carboxylic acids is 1. The number of nitrogens with zero attached hydrogens (tertiary/aromatic N) is 2. The molecule has 1 aromatic carbocycles. The minimum atomic E-state index is 0.0466. The van der Waals surface area contributed by atoms with E-state index in [0.29, 0.717) is 19.5 Å². The predicted molar refractivity (Wildman–Crippen MR) is 109 cm³/mol. The molecule has 6 nitrogen and oxygen atoms in total. The van der Waals surface area contributed by atoms with Crippen LogP contribution in [0.5, 0.6) is 0 Å². The van der Waals surface area contributed by atoms with Crippen LogP contribution in [0, 0.1) is 13.8 Å². The van der Waals surface area contributed by atoms with Crippen LogP contribution >= 0.6 is 11.3 Å². The number of benzene rings is 1. The molecule has 0 fully saturated rings. The van der Waals surface area contributed by atoms with Crippen LogP contribution < -0.4 is 16.0 Å². The lowest BCUT2D eigenvalue weighted by molar-refractivity contribution is -0.116. The molecule has 0 radical (unpaired) electrons. The van der Waals surface area contributed by atoms with Crippen molar-refractivity contribution >= 4 is 28.9 Å². The maximum Gasteiger partial charge on any atom is 0.224 e. The van der Waals surface area contributed by atoms with Gasteiger partial charge < -0.3 is 16.0 Å². The van der Waals surface area contributed by atoms with Crippen molar-refractivity contribution in [3.63, 3.8) is 0 Å². The Kier molecular flexibility index (Phi) is 7.59. The summed E-state index contributed by atoms with van der Waals surface area (Å²) >= 11 is 1.70. The van der Waals surface area contributed by atoms with Gasteiger partial charge in [-0.05, 0) is 38.0 Å². The normalized spacial score (nSPS) is 11.3. The number of hydrogen-bond acceptors (Lipinski definition) is 4. The number of hydrogen-bond donors (Lipinski definition) is 3. The molecule has 0 saturated heterocycles. The fourth-order valence-electron chi connectivity index (χ4n) is 2.52. The molecular formula is C19H27N5OS. The van der Waals surface area contributed by atoms with Gasteiger partial charge in [-0.1, -0.05) is 19.1 Å². The lowest BCUT2D eigenvalue weighted by Crippen LogP contribution is -2.36. The second-order valence-corrected chi connectivity index (χ2v) is 7.31. The molecular weight excluding hydrogens is 346 g/mol. The highest BCUT2D eigenvalue weighted by Gasteiger charge is 2.06. The van der Waals surface area contributed by atoms with Gasteiger partial charge in [-0.3, -0.25) is 9.79 Å². The van der Waals surface area contributed by atoms with Gasteiger partial charge in [0, 0.05) is 30.6 Å². The number of guanidine groups is 1. The van der Waals surface area contributed by atoms with E-state index in [2.05, 4.69) is 25.9 Å². The number of aromatic nitrogens is 1. The number of rotatable bonds is 7. The highest BCUT2D eigenvalue weighted by atomic mass is 32.1. The fourth-order valence-corrected chi connectivity index (χ4v) is 3.39. The Morgan fingerprint density at radius 1 is 1.23 bits per heavy atom. The molecule has 1 amide bonds. The highest BCUT2D eigenvalue weighted by Crippen LogP contribution is 2.16. The lowest BCUT2D eigenvalue weighted by atomic mass is 10.2. The zero-order chi connectivity index (χ0) is 18.9. The topological polar surface area (TPSA) is 78.4 Å². The van der Waals surface area contributed by atoms with E-state index >= 15 is 0 Å². The van der Waals surface area contributed by atoms with E-state index in [4.69, 9.17) is 0 Å². The van der Waals surface area contributed by atoms with E-state index in [1.54, 1.807) is 18.4 Å². The van der Waals surface area contributed by atoms with Crippen LogP contribution in [-0.4, -0.2) is 23.9 Å². The maximum atomic E-state index is 11.7. The molecule has 2 rings (SSSR count). The molecule has 1 aromatic heterocycles. The Morgan fingerprint density at radius 2 is 2.00 bits per heavy atom. The first kappa shape index (κ1) is 19.9. The van der Waals surface area contributed by atoms with Crippen LogP contribution in [0.15, 0.2) is 29.3 Å². The minimum Gasteiger partial charge on any atom is -0.352 e. The number of amides is 1. The smallest absolute Gasteiger partial charge is 0.224 e.